The van der Waals surface area contributed by atoms with Gasteiger partial charge in [0, 0.05) is 6.42 Å². The fraction of sp³-hybridized carbons (Fsp3) is 0.182. The number of benzene rings is 1. The van der Waals surface area contributed by atoms with Crippen LogP contribution in [-0.2, 0) is 6.42 Å². The van der Waals surface area contributed by atoms with Crippen LogP contribution in [0.25, 0.3) is 5.70 Å². The van der Waals surface area contributed by atoms with Crippen LogP contribution in [0.15, 0.2) is 23.1 Å². The lowest BCUT2D eigenvalue weighted by atomic mass is 10.0. The summed E-state index contributed by atoms with van der Waals surface area (Å²) >= 11 is 1.72. The number of nitrogens with zero attached hydrogens (tertiary/aromatic N) is 1. The maximum Gasteiger partial charge on any atom is 0.471 e. The molecule has 0 aromatic heterocycles. The Balaban J connectivity index is 0.000000853. The standard InChI is InChI=1S/C11H10N2S.HI/c1-6-3-2-4-7-8(6)5-9-10(7)13-11(12)14-9;/h2-4H,5,12H2,1H3;1H/q+1;. The van der Waals surface area contributed by atoms with Crippen LogP contribution in [-0.4, -0.2) is 5.17 Å². The van der Waals surface area contributed by atoms with Crippen molar-refractivity contribution >= 4 is 22.6 Å². The molecule has 0 spiro atoms. The summed E-state index contributed by atoms with van der Waals surface area (Å²) in [4.78, 5) is 5.86. The molecule has 0 fully saturated rings. The number of allylic oxidation sites excluding steroid dienone is 1. The highest BCUT2D eigenvalue weighted by Gasteiger charge is 2.40. The Morgan fingerprint density at radius 2 is 2.20 bits per heavy atom. The molecular formula is C11H11IN2S+. The van der Waals surface area contributed by atoms with Gasteiger partial charge < -0.3 is 24.0 Å². The Morgan fingerprint density at radius 3 is 3.00 bits per heavy atom. The molecule has 1 aromatic carbocycles. The molecule has 15 heavy (non-hydrogen) atoms. The van der Waals surface area contributed by atoms with Crippen LogP contribution in [0.3, 0.4) is 0 Å². The quantitative estimate of drug-likeness (QED) is 0.545. The highest BCUT2D eigenvalue weighted by molar-refractivity contribution is 8.17. The Labute approximate surface area is 110 Å². The Kier molecular flexibility index (Phi) is 2.92. The van der Waals surface area contributed by atoms with Crippen LogP contribution in [0.1, 0.15) is 16.7 Å². The Hall–Kier alpha value is -0.330. The van der Waals surface area contributed by atoms with Crippen LogP contribution in [0.2, 0.25) is 0 Å². The first-order valence-corrected chi connectivity index (χ1v) is 5.48. The van der Waals surface area contributed by atoms with Crippen LogP contribution < -0.4 is 34.7 Å². The number of thioether (sulfide) groups is 1. The van der Waals surface area contributed by atoms with Gasteiger partial charge in [-0.2, -0.15) is 0 Å². The van der Waals surface area contributed by atoms with Gasteiger partial charge in [-0.25, -0.2) is 0 Å². The molecule has 4 heteroatoms. The molecule has 0 saturated carbocycles. The molecule has 1 radical (unpaired) electrons. The highest BCUT2D eigenvalue weighted by atomic mass is 127. The van der Waals surface area contributed by atoms with E-state index in [1.54, 1.807) is 11.8 Å². The number of aryl methyl sites for hydroxylation is 1. The molecule has 2 nitrogen and oxygen atoms in total. The van der Waals surface area contributed by atoms with E-state index < -0.39 is 0 Å². The maximum atomic E-state index is 4.48. The molecule has 0 saturated heterocycles. The minimum Gasteiger partial charge on any atom is -1.00 e. The largest absolute Gasteiger partial charge is 1.00 e. The van der Waals surface area contributed by atoms with E-state index in [9.17, 15) is 0 Å². The second kappa shape index (κ2) is 3.92. The molecule has 0 bridgehead atoms. The summed E-state index contributed by atoms with van der Waals surface area (Å²) in [5.74, 6) is 0. The first-order valence-electron chi connectivity index (χ1n) is 4.66. The zero-order valence-electron chi connectivity index (χ0n) is 8.38. The van der Waals surface area contributed by atoms with Gasteiger partial charge in [0.25, 0.3) is 0 Å². The number of rotatable bonds is 0. The van der Waals surface area contributed by atoms with Gasteiger partial charge in [0.2, 0.25) is 0 Å². The number of amidine groups is 1. The van der Waals surface area contributed by atoms with E-state index in [-0.39, 0.29) is 24.0 Å². The highest BCUT2D eigenvalue weighted by Crippen LogP contribution is 2.40. The average molecular weight is 330 g/mol. The lowest BCUT2D eigenvalue weighted by molar-refractivity contribution is -0.206. The van der Waals surface area contributed by atoms with Crippen LogP contribution in [0.4, 0.5) is 0 Å². The molecule has 3 N–H and O–H groups in total. The molecule has 1 aliphatic carbocycles. The van der Waals surface area contributed by atoms with Crippen molar-refractivity contribution in [3.63, 3.8) is 0 Å². The van der Waals surface area contributed by atoms with E-state index in [0.29, 0.717) is 0 Å². The van der Waals surface area contributed by atoms with Gasteiger partial charge in [-0.1, -0.05) is 12.1 Å². The maximum absolute atomic E-state index is 4.48. The van der Waals surface area contributed by atoms with Crippen LogP contribution in [0, 0.1) is 6.92 Å². The molecule has 1 aromatic rings. The lowest BCUT2D eigenvalue weighted by Gasteiger charge is -2.01. The van der Waals surface area contributed by atoms with Crippen molar-refractivity contribution in [3.05, 3.63) is 39.8 Å². The summed E-state index contributed by atoms with van der Waals surface area (Å²) in [7, 11) is 0. The molecule has 0 unspecified atom stereocenters. The van der Waals surface area contributed by atoms with E-state index in [1.807, 2.05) is 0 Å². The molecule has 0 atom stereocenters. The minimum atomic E-state index is 0. The Bertz CT molecular complexity index is 491. The van der Waals surface area contributed by atoms with E-state index in [4.69, 9.17) is 0 Å². The molecule has 1 heterocycles. The molecule has 1 aliphatic heterocycles. The summed E-state index contributed by atoms with van der Waals surface area (Å²) in [5, 5.41) is 0.933. The Morgan fingerprint density at radius 1 is 1.40 bits per heavy atom. The van der Waals surface area contributed by atoms with Crippen molar-refractivity contribution < 1.29 is 29.7 Å². The zero-order valence-corrected chi connectivity index (χ0v) is 11.4. The number of fused-ring (bicyclic) bond motifs is 2. The van der Waals surface area contributed by atoms with Crippen molar-refractivity contribution in [2.75, 3.05) is 0 Å². The second-order valence-corrected chi connectivity index (χ2v) is 4.83. The topological polar surface area (TPSA) is 41.7 Å². The van der Waals surface area contributed by atoms with E-state index in [1.165, 1.54) is 27.3 Å². The summed E-state index contributed by atoms with van der Waals surface area (Å²) in [5.41, 5.74) is 9.18. The van der Waals surface area contributed by atoms with Crippen molar-refractivity contribution in [2.24, 2.45) is 0 Å². The van der Waals surface area contributed by atoms with Crippen molar-refractivity contribution in [1.29, 1.82) is 0 Å². The smallest absolute Gasteiger partial charge is 0.471 e. The third-order valence-electron chi connectivity index (χ3n) is 2.74. The monoisotopic (exact) mass is 330 g/mol. The van der Waals surface area contributed by atoms with Gasteiger partial charge in [0.05, 0.1) is 22.2 Å². The number of quaternary nitrogens is 1. The first-order chi connectivity index (χ1) is 6.75. The summed E-state index contributed by atoms with van der Waals surface area (Å²) in [6.45, 7) is 2.17. The predicted octanol–water partition coefficient (Wildman–Crippen LogP) is -2.10. The SMILES string of the molecule is Cc1cccc2c1CC1=C2[N+]=C([NH3+])S1.[I-]. The molecule has 2 aliphatic rings. The van der Waals surface area contributed by atoms with E-state index >= 15 is 0 Å². The third kappa shape index (κ3) is 1.64. The lowest BCUT2D eigenvalue weighted by Crippen LogP contribution is -3.00. The zero-order chi connectivity index (χ0) is 9.71. The van der Waals surface area contributed by atoms with Crippen LogP contribution >= 0.6 is 11.8 Å². The van der Waals surface area contributed by atoms with Crippen molar-refractivity contribution in [2.45, 2.75) is 13.3 Å². The molecule has 77 valence electrons. The van der Waals surface area contributed by atoms with Gasteiger partial charge in [0.1, 0.15) is 4.99 Å². The average Bonchev–Trinajstić information content (AvgIpc) is 2.63. The summed E-state index contributed by atoms with van der Waals surface area (Å²) in [6, 6.07) is 6.43. The normalized spacial score (nSPS) is 17.1. The summed E-state index contributed by atoms with van der Waals surface area (Å²) in [6.07, 6.45) is 1.05. The second-order valence-electron chi connectivity index (χ2n) is 3.66. The van der Waals surface area contributed by atoms with Gasteiger partial charge >= 0.3 is 10.9 Å². The first kappa shape index (κ1) is 11.2. The number of halogens is 1. The fourth-order valence-electron chi connectivity index (χ4n) is 2.05. The predicted molar refractivity (Wildman–Crippen MR) is 59.4 cm³/mol. The van der Waals surface area contributed by atoms with E-state index in [0.717, 1.165) is 11.6 Å². The van der Waals surface area contributed by atoms with Gasteiger partial charge in [-0.15, -0.1) is 0 Å². The number of aliphatic imine (C=N–C) groups is 1. The molecule has 0 amide bonds. The molecular weight excluding hydrogens is 319 g/mol. The van der Waals surface area contributed by atoms with Crippen LogP contribution in [0.5, 0.6) is 0 Å². The van der Waals surface area contributed by atoms with Crippen molar-refractivity contribution in [1.82, 2.24) is 4.99 Å². The number of hydrogen-bond acceptors (Lipinski definition) is 2. The van der Waals surface area contributed by atoms with Crippen molar-refractivity contribution in [3.8, 4) is 0 Å². The fourth-order valence-corrected chi connectivity index (χ4v) is 2.94. The van der Waals surface area contributed by atoms with E-state index in [2.05, 4.69) is 35.8 Å². The summed E-state index contributed by atoms with van der Waals surface area (Å²) < 4.78 is 0. The number of hydrogen-bond donors (Lipinski definition) is 1. The van der Waals surface area contributed by atoms with Gasteiger partial charge in [-0.05, 0) is 24.1 Å². The van der Waals surface area contributed by atoms with Gasteiger partial charge in [0.15, 0.2) is 0 Å². The minimum absolute atomic E-state index is 0. The third-order valence-corrected chi connectivity index (χ3v) is 3.66. The van der Waals surface area contributed by atoms with Gasteiger partial charge in [-0.3, -0.25) is 5.73 Å². The molecule has 3 rings (SSSR count).